The molecule has 0 N–H and O–H groups in total. The molecule has 0 fully saturated rings. The summed E-state index contributed by atoms with van der Waals surface area (Å²) in [6.45, 7) is 0. The molecule has 3 heterocycles. The second-order valence-corrected chi connectivity index (χ2v) is 14.4. The van der Waals surface area contributed by atoms with Crippen molar-refractivity contribution in [2.75, 3.05) is 0 Å². The fourth-order valence-corrected chi connectivity index (χ4v) is 8.54. The molecule has 3 heteroatoms. The Kier molecular flexibility index (Phi) is 7.49. The van der Waals surface area contributed by atoms with E-state index in [-0.39, 0.29) is 0 Å². The topological polar surface area (TPSA) is 22.8 Å². The maximum atomic E-state index is 5.15. The Labute approximate surface area is 325 Å². The summed E-state index contributed by atoms with van der Waals surface area (Å²) in [5.74, 6) is 0. The molecule has 0 unspecified atom stereocenters. The molecular formula is C53H35N3. The highest BCUT2D eigenvalue weighted by atomic mass is 15.0. The van der Waals surface area contributed by atoms with Crippen molar-refractivity contribution in [2.24, 2.45) is 0 Å². The zero-order valence-corrected chi connectivity index (χ0v) is 30.5. The predicted molar refractivity (Wildman–Crippen MR) is 235 cm³/mol. The van der Waals surface area contributed by atoms with Gasteiger partial charge in [0.1, 0.15) is 0 Å². The summed E-state index contributed by atoms with van der Waals surface area (Å²) in [6, 6.07) is 76.3. The summed E-state index contributed by atoms with van der Waals surface area (Å²) in [5, 5.41) is 4.88. The smallest absolute Gasteiger partial charge is 0.0788 e. The fourth-order valence-electron chi connectivity index (χ4n) is 8.54. The van der Waals surface area contributed by atoms with Crippen LogP contribution < -0.4 is 0 Å². The quantitative estimate of drug-likeness (QED) is 0.168. The van der Waals surface area contributed by atoms with E-state index in [1.54, 1.807) is 0 Å². The standard InChI is InChI=1S/C53H35N3/c1-4-16-36(17-5-1)40-32-41(37-18-6-2-7-19-37)35-43(34-40)56-51-29-13-11-25-45(51)47-31-30-46-44-24-10-12-28-50(44)55(52(46)53(47)56)42-23-14-22-39(33-42)49-27-15-26-48(54-49)38-20-8-3-9-21-38/h1-35H. The minimum absolute atomic E-state index is 0.944. The molecule has 8 aromatic carbocycles. The van der Waals surface area contributed by atoms with Crippen molar-refractivity contribution >= 4 is 43.6 Å². The Bertz CT molecular complexity index is 3170. The van der Waals surface area contributed by atoms with Crippen molar-refractivity contribution in [3.63, 3.8) is 0 Å². The van der Waals surface area contributed by atoms with Gasteiger partial charge in [-0.3, -0.25) is 0 Å². The molecule has 0 saturated carbocycles. The van der Waals surface area contributed by atoms with E-state index in [2.05, 4.69) is 215 Å². The second-order valence-electron chi connectivity index (χ2n) is 14.4. The molecule has 0 saturated heterocycles. The second kappa shape index (κ2) is 13.1. The molecule has 0 aliphatic rings. The average Bonchev–Trinajstić information content (AvgIpc) is 3.80. The maximum absolute atomic E-state index is 5.15. The number of hydrogen-bond donors (Lipinski definition) is 0. The summed E-state index contributed by atoms with van der Waals surface area (Å²) >= 11 is 0. The predicted octanol–water partition coefficient (Wildman–Crippen LogP) is 13.9. The van der Waals surface area contributed by atoms with E-state index in [9.17, 15) is 0 Å². The van der Waals surface area contributed by atoms with Crippen molar-refractivity contribution < 1.29 is 0 Å². The number of aromatic nitrogens is 3. The third-order valence-electron chi connectivity index (χ3n) is 11.1. The van der Waals surface area contributed by atoms with Gasteiger partial charge in [0.05, 0.1) is 33.5 Å². The van der Waals surface area contributed by atoms with Crippen LogP contribution >= 0.6 is 0 Å². The van der Waals surface area contributed by atoms with Gasteiger partial charge in [-0.1, -0.05) is 158 Å². The van der Waals surface area contributed by atoms with Gasteiger partial charge in [0.2, 0.25) is 0 Å². The highest BCUT2D eigenvalue weighted by molar-refractivity contribution is 6.23. The van der Waals surface area contributed by atoms with Crippen LogP contribution in [-0.2, 0) is 0 Å². The molecule has 3 aromatic heterocycles. The van der Waals surface area contributed by atoms with Gasteiger partial charge in [-0.25, -0.2) is 4.98 Å². The largest absolute Gasteiger partial charge is 0.307 e. The molecule has 0 bridgehead atoms. The Morgan fingerprint density at radius 3 is 1.27 bits per heavy atom. The van der Waals surface area contributed by atoms with Crippen LogP contribution in [0.2, 0.25) is 0 Å². The summed E-state index contributed by atoms with van der Waals surface area (Å²) < 4.78 is 4.96. The first-order valence-electron chi connectivity index (χ1n) is 19.1. The van der Waals surface area contributed by atoms with Crippen molar-refractivity contribution in [3.05, 3.63) is 212 Å². The molecule has 0 amide bonds. The third-order valence-corrected chi connectivity index (χ3v) is 11.1. The van der Waals surface area contributed by atoms with Crippen molar-refractivity contribution in [1.82, 2.24) is 14.1 Å². The molecular weight excluding hydrogens is 679 g/mol. The van der Waals surface area contributed by atoms with E-state index in [1.165, 1.54) is 60.3 Å². The zero-order chi connectivity index (χ0) is 37.0. The number of nitrogens with zero attached hydrogens (tertiary/aromatic N) is 3. The molecule has 262 valence electrons. The molecule has 0 spiro atoms. The van der Waals surface area contributed by atoms with Crippen molar-refractivity contribution in [3.8, 4) is 56.1 Å². The average molecular weight is 714 g/mol. The van der Waals surface area contributed by atoms with Crippen LogP contribution in [0.5, 0.6) is 0 Å². The summed E-state index contributed by atoms with van der Waals surface area (Å²) in [7, 11) is 0. The summed E-state index contributed by atoms with van der Waals surface area (Å²) in [5.41, 5.74) is 15.7. The Balaban J connectivity index is 1.22. The highest BCUT2D eigenvalue weighted by Crippen LogP contribution is 2.43. The third kappa shape index (κ3) is 5.25. The van der Waals surface area contributed by atoms with Crippen LogP contribution in [0.3, 0.4) is 0 Å². The van der Waals surface area contributed by atoms with E-state index in [0.29, 0.717) is 0 Å². The first-order chi connectivity index (χ1) is 27.8. The molecule has 0 aliphatic heterocycles. The molecule has 0 radical (unpaired) electrons. The molecule has 11 aromatic rings. The van der Waals surface area contributed by atoms with Gasteiger partial charge in [0.15, 0.2) is 0 Å². The number of rotatable bonds is 6. The normalized spacial score (nSPS) is 11.6. The number of fused-ring (bicyclic) bond motifs is 7. The lowest BCUT2D eigenvalue weighted by Crippen LogP contribution is -2.00. The fraction of sp³-hybridized carbons (Fsp3) is 0. The van der Waals surface area contributed by atoms with Gasteiger partial charge in [0.25, 0.3) is 0 Å². The van der Waals surface area contributed by atoms with Gasteiger partial charge >= 0.3 is 0 Å². The molecule has 11 rings (SSSR count). The van der Waals surface area contributed by atoms with Crippen LogP contribution in [0, 0.1) is 0 Å². The lowest BCUT2D eigenvalue weighted by Gasteiger charge is -2.16. The van der Waals surface area contributed by atoms with Crippen LogP contribution in [0.15, 0.2) is 212 Å². The Hall–Kier alpha value is -7.49. The molecule has 0 aliphatic carbocycles. The van der Waals surface area contributed by atoms with Crippen molar-refractivity contribution in [2.45, 2.75) is 0 Å². The van der Waals surface area contributed by atoms with Gasteiger partial charge in [-0.05, 0) is 76.9 Å². The van der Waals surface area contributed by atoms with E-state index in [0.717, 1.165) is 39.4 Å². The van der Waals surface area contributed by atoms with Gasteiger partial charge in [-0.2, -0.15) is 0 Å². The van der Waals surface area contributed by atoms with Crippen LogP contribution in [-0.4, -0.2) is 14.1 Å². The number of para-hydroxylation sites is 2. The lowest BCUT2D eigenvalue weighted by molar-refractivity contribution is 1.15. The molecule has 0 atom stereocenters. The van der Waals surface area contributed by atoms with Crippen LogP contribution in [0.4, 0.5) is 0 Å². The summed E-state index contributed by atoms with van der Waals surface area (Å²) in [6.07, 6.45) is 0. The Morgan fingerprint density at radius 2 is 0.696 bits per heavy atom. The van der Waals surface area contributed by atoms with Gasteiger partial charge in [-0.15, -0.1) is 0 Å². The number of pyridine rings is 1. The number of benzene rings is 8. The maximum Gasteiger partial charge on any atom is 0.0788 e. The zero-order valence-electron chi connectivity index (χ0n) is 30.5. The molecule has 3 nitrogen and oxygen atoms in total. The molecule has 56 heavy (non-hydrogen) atoms. The SMILES string of the molecule is c1ccc(-c2cc(-c3ccccc3)cc(-n3c4ccccc4c4ccc5c6ccccc6n(-c6cccc(-c7cccc(-c8ccccc8)n7)c6)c5c43)c2)cc1. The first-order valence-corrected chi connectivity index (χ1v) is 19.1. The van der Waals surface area contributed by atoms with Crippen molar-refractivity contribution in [1.29, 1.82) is 0 Å². The van der Waals surface area contributed by atoms with E-state index >= 15 is 0 Å². The lowest BCUT2D eigenvalue weighted by atomic mass is 9.98. The first kappa shape index (κ1) is 32.0. The monoisotopic (exact) mass is 713 g/mol. The van der Waals surface area contributed by atoms with E-state index < -0.39 is 0 Å². The summed E-state index contributed by atoms with van der Waals surface area (Å²) in [4.78, 5) is 5.15. The number of hydrogen-bond acceptors (Lipinski definition) is 1. The highest BCUT2D eigenvalue weighted by Gasteiger charge is 2.22. The van der Waals surface area contributed by atoms with E-state index in [4.69, 9.17) is 4.98 Å². The van der Waals surface area contributed by atoms with Crippen LogP contribution in [0.25, 0.3) is 99.8 Å². The minimum Gasteiger partial charge on any atom is -0.307 e. The minimum atomic E-state index is 0.944. The van der Waals surface area contributed by atoms with Crippen LogP contribution in [0.1, 0.15) is 0 Å². The van der Waals surface area contributed by atoms with E-state index in [1.807, 2.05) is 6.07 Å². The van der Waals surface area contributed by atoms with Gasteiger partial charge < -0.3 is 9.13 Å². The Morgan fingerprint density at radius 1 is 0.268 bits per heavy atom. The van der Waals surface area contributed by atoms with Gasteiger partial charge in [0, 0.05) is 44.0 Å².